The quantitative estimate of drug-likeness (QED) is 0.288. The molecule has 0 amide bonds. The van der Waals surface area contributed by atoms with Crippen LogP contribution in [0.3, 0.4) is 0 Å². The van der Waals surface area contributed by atoms with Crippen LogP contribution in [0.5, 0.6) is 0 Å². The predicted molar refractivity (Wildman–Crippen MR) is 124 cm³/mol. The molecule has 6 nitrogen and oxygen atoms in total. The van der Waals surface area contributed by atoms with Gasteiger partial charge < -0.3 is 13.7 Å². The Kier molecular flexibility index (Phi) is 7.45. The Morgan fingerprint density at radius 2 is 1.08 bits per heavy atom. The van der Waals surface area contributed by atoms with Gasteiger partial charge in [-0.2, -0.15) is 36.9 Å². The lowest BCUT2D eigenvalue weighted by atomic mass is 9.61. The van der Waals surface area contributed by atoms with Crippen LogP contribution < -0.4 is 16.4 Å². The van der Waals surface area contributed by atoms with Crippen molar-refractivity contribution in [1.29, 1.82) is 10.5 Å². The summed E-state index contributed by atoms with van der Waals surface area (Å²) in [4.78, 5) is 3.01. The Bertz CT molecular complexity index is 1480. The first-order valence-electron chi connectivity index (χ1n) is 10.7. The molecule has 0 unspecified atom stereocenters. The van der Waals surface area contributed by atoms with Gasteiger partial charge in [0.25, 0.3) is 0 Å². The van der Waals surface area contributed by atoms with Crippen LogP contribution in [0.4, 0.5) is 36.4 Å². The van der Waals surface area contributed by atoms with Gasteiger partial charge in [0.05, 0.1) is 35.4 Å². The summed E-state index contributed by atoms with van der Waals surface area (Å²) in [5.41, 5.74) is -4.27. The first kappa shape index (κ1) is 27.7. The van der Waals surface area contributed by atoms with E-state index in [4.69, 9.17) is 20.3 Å². The number of nitriles is 2. The highest BCUT2D eigenvalue weighted by Crippen LogP contribution is 2.32. The van der Waals surface area contributed by atoms with E-state index < -0.39 is 61.9 Å². The van der Waals surface area contributed by atoms with Gasteiger partial charge in [0.1, 0.15) is 5.82 Å². The van der Waals surface area contributed by atoms with E-state index in [1.807, 2.05) is 0 Å². The van der Waals surface area contributed by atoms with Crippen molar-refractivity contribution in [3.8, 4) is 12.1 Å². The summed E-state index contributed by atoms with van der Waals surface area (Å²) in [5, 5.41) is 18.4. The molecule has 0 atom stereocenters. The topological polar surface area (TPSA) is 79.6 Å². The molecular weight excluding hydrogens is 532 g/mol. The number of hydrogen-bond acceptors (Lipinski definition) is 5. The molecule has 0 N–H and O–H groups in total. The molecule has 3 aromatic carbocycles. The highest BCUT2D eigenvalue weighted by Gasteiger charge is 2.45. The molecule has 16 heteroatoms. The van der Waals surface area contributed by atoms with Gasteiger partial charge in [-0.15, -0.1) is 0 Å². The number of benzene rings is 3. The Hall–Kier alpha value is -4.29. The summed E-state index contributed by atoms with van der Waals surface area (Å²) < 4.78 is 112. The third-order valence-electron chi connectivity index (χ3n) is 5.42. The summed E-state index contributed by atoms with van der Waals surface area (Å²) in [5.74, 6) is -0.893. The van der Waals surface area contributed by atoms with Crippen LogP contribution in [-0.2, 0) is 26.1 Å². The van der Waals surface area contributed by atoms with E-state index >= 15 is 0 Å². The number of halogens is 7. The number of alkyl halides is 6. The highest BCUT2D eigenvalue weighted by atomic mass is 19.4. The van der Waals surface area contributed by atoms with Crippen molar-refractivity contribution >= 4 is 43.4 Å². The molecule has 39 heavy (non-hydrogen) atoms. The molecule has 0 saturated carbocycles. The summed E-state index contributed by atoms with van der Waals surface area (Å²) >= 11 is 0. The van der Waals surface area contributed by atoms with Gasteiger partial charge in [-0.3, -0.25) is 0 Å². The minimum atomic E-state index is -4.87. The molecule has 1 saturated heterocycles. The molecule has 4 rings (SSSR count). The van der Waals surface area contributed by atoms with E-state index in [2.05, 4.69) is 4.85 Å². The Labute approximate surface area is 217 Å². The van der Waals surface area contributed by atoms with Gasteiger partial charge in [-0.05, 0) is 52.8 Å². The zero-order chi connectivity index (χ0) is 28.5. The Balaban J connectivity index is 1.86. The molecular formula is C23H9B3F7N3O3. The summed E-state index contributed by atoms with van der Waals surface area (Å²) in [6, 6.07) is 10.7. The lowest BCUT2D eigenvalue weighted by Gasteiger charge is -2.32. The molecule has 1 aliphatic rings. The van der Waals surface area contributed by atoms with Crippen molar-refractivity contribution in [3.05, 3.63) is 94.1 Å². The monoisotopic (exact) mass is 541 g/mol. The van der Waals surface area contributed by atoms with Crippen LogP contribution in [0.1, 0.15) is 22.3 Å². The number of nitrogens with zero attached hydrogens (tertiary/aromatic N) is 3. The van der Waals surface area contributed by atoms with Gasteiger partial charge in [0, 0.05) is 5.56 Å². The maximum absolute atomic E-state index is 14.2. The number of hydrogen-bond donors (Lipinski definition) is 0. The van der Waals surface area contributed by atoms with Crippen molar-refractivity contribution in [2.75, 3.05) is 0 Å². The summed E-state index contributed by atoms with van der Waals surface area (Å²) in [7, 11) is -5.17. The van der Waals surface area contributed by atoms with Crippen LogP contribution in [-0.4, -0.2) is 21.4 Å². The zero-order valence-corrected chi connectivity index (χ0v) is 19.1. The smallest absolute Gasteiger partial charge is 0.445 e. The van der Waals surface area contributed by atoms with Gasteiger partial charge in [0.2, 0.25) is 0 Å². The van der Waals surface area contributed by atoms with E-state index in [1.54, 1.807) is 12.1 Å². The van der Waals surface area contributed by atoms with Gasteiger partial charge >= 0.3 is 33.7 Å². The van der Waals surface area contributed by atoms with Crippen LogP contribution in [0.25, 0.3) is 4.85 Å². The van der Waals surface area contributed by atoms with Crippen molar-refractivity contribution in [1.82, 2.24) is 0 Å². The van der Waals surface area contributed by atoms with E-state index in [9.17, 15) is 41.3 Å². The average molecular weight is 541 g/mol. The van der Waals surface area contributed by atoms with Crippen molar-refractivity contribution in [3.63, 3.8) is 0 Å². The zero-order valence-electron chi connectivity index (χ0n) is 19.1. The second kappa shape index (κ2) is 10.5. The van der Waals surface area contributed by atoms with E-state index in [1.165, 1.54) is 0 Å². The number of rotatable bonds is 3. The van der Waals surface area contributed by atoms with Crippen molar-refractivity contribution in [2.45, 2.75) is 12.4 Å². The van der Waals surface area contributed by atoms with Crippen LogP contribution >= 0.6 is 0 Å². The van der Waals surface area contributed by atoms with Crippen LogP contribution in [0, 0.1) is 35.1 Å². The largest absolute Gasteiger partial charge is 0.467 e. The lowest BCUT2D eigenvalue weighted by Crippen LogP contribution is -2.61. The van der Waals surface area contributed by atoms with E-state index in [0.29, 0.717) is 24.3 Å². The average Bonchev–Trinajstić information content (AvgIpc) is 2.90. The van der Waals surface area contributed by atoms with Crippen LogP contribution in [0.2, 0.25) is 0 Å². The van der Waals surface area contributed by atoms with Crippen LogP contribution in [0.15, 0.2) is 54.6 Å². The SMILES string of the molecule is [C-]#[N+]c1cc(B2OB(c3cc(F)cc(C#N)c3)OB(c3cc(C#N)cc(C(F)(F)F)c3)O2)cc(C(F)(F)F)c1. The molecule has 1 aliphatic heterocycles. The minimum Gasteiger partial charge on any atom is -0.445 e. The summed E-state index contributed by atoms with van der Waals surface area (Å²) in [6.45, 7) is 7.14. The molecule has 0 radical (unpaired) electrons. The van der Waals surface area contributed by atoms with Crippen molar-refractivity contribution in [2.24, 2.45) is 0 Å². The molecule has 0 spiro atoms. The Morgan fingerprint density at radius 1 is 0.641 bits per heavy atom. The van der Waals surface area contributed by atoms with Crippen molar-refractivity contribution < 1.29 is 44.4 Å². The lowest BCUT2D eigenvalue weighted by molar-refractivity contribution is -0.138. The van der Waals surface area contributed by atoms with Gasteiger partial charge in [0.15, 0.2) is 5.69 Å². The molecule has 1 fully saturated rings. The third-order valence-corrected chi connectivity index (χ3v) is 5.42. The molecule has 3 aromatic rings. The second-order valence-corrected chi connectivity index (χ2v) is 8.17. The Morgan fingerprint density at radius 3 is 1.54 bits per heavy atom. The molecule has 192 valence electrons. The third kappa shape index (κ3) is 6.24. The fraction of sp³-hybridized carbons (Fsp3) is 0.0870. The summed E-state index contributed by atoms with van der Waals surface area (Å²) in [6.07, 6.45) is -9.74. The maximum Gasteiger partial charge on any atom is 0.467 e. The van der Waals surface area contributed by atoms with E-state index in [0.717, 1.165) is 30.3 Å². The fourth-order valence-electron chi connectivity index (χ4n) is 3.73. The maximum atomic E-state index is 14.2. The normalized spacial score (nSPS) is 14.0. The standard InChI is InChI=1S/C23H9B3F7N3O3/c1-36-21-8-16(23(31,32)33)7-19(10-21)26-38-24(17-3-13(11-34)2-15(6-17)22(28,29)30)37-25(39-26)18-4-14(12-35)5-20(27)9-18/h2-10H. The molecule has 0 aliphatic carbocycles. The molecule has 0 aromatic heterocycles. The van der Waals surface area contributed by atoms with Gasteiger partial charge in [-0.1, -0.05) is 18.2 Å². The first-order chi connectivity index (χ1) is 18.3. The molecule has 1 heterocycles. The van der Waals surface area contributed by atoms with Gasteiger partial charge in [-0.25, -0.2) is 9.24 Å². The predicted octanol–water partition coefficient (Wildman–Crippen LogP) is 3.71. The fourth-order valence-corrected chi connectivity index (χ4v) is 3.73. The highest BCUT2D eigenvalue weighted by molar-refractivity contribution is 6.87. The first-order valence-corrected chi connectivity index (χ1v) is 10.7. The van der Waals surface area contributed by atoms with E-state index in [-0.39, 0.29) is 22.0 Å². The molecule has 0 bridgehead atoms. The second-order valence-electron chi connectivity index (χ2n) is 8.17. The minimum absolute atomic E-state index is 0.130.